The third-order valence-electron chi connectivity index (χ3n) is 10.2. The Kier molecular flexibility index (Phi) is 17.8. The zero-order valence-electron chi connectivity index (χ0n) is 28.2. The normalized spacial score (nSPS) is 26.4. The number of hydrogen-bond acceptors (Lipinski definition) is 8. The summed E-state index contributed by atoms with van der Waals surface area (Å²) in [5.74, 6) is -2.40. The number of ether oxygens (including phenoxy) is 4. The SMILES string of the molecule is C=CC(=O)OC(OC1CCCCCCCCC1)(OC1CCCCCCCCC1)C(OC1CCCCCCCCC1)C1COOO1. The molecular formula is C37H64O8. The predicted molar refractivity (Wildman–Crippen MR) is 174 cm³/mol. The van der Waals surface area contributed by atoms with Crippen LogP contribution in [-0.2, 0) is 38.6 Å². The molecule has 260 valence electrons. The van der Waals surface area contributed by atoms with E-state index in [2.05, 4.69) is 6.58 Å². The van der Waals surface area contributed by atoms with Crippen molar-refractivity contribution in [2.75, 3.05) is 6.61 Å². The number of hydrogen-bond donors (Lipinski definition) is 0. The minimum atomic E-state index is -1.81. The lowest BCUT2D eigenvalue weighted by Gasteiger charge is -2.44. The van der Waals surface area contributed by atoms with Gasteiger partial charge in [0.25, 0.3) is 0 Å². The number of carbonyl (C=O) groups is 1. The molecule has 0 aromatic rings. The summed E-state index contributed by atoms with van der Waals surface area (Å²) in [6.07, 6.45) is 29.7. The number of rotatable bonds is 10. The van der Waals surface area contributed by atoms with Gasteiger partial charge in [-0.1, -0.05) is 146 Å². The van der Waals surface area contributed by atoms with Gasteiger partial charge in [-0.25, -0.2) is 9.68 Å². The molecule has 8 heteroatoms. The van der Waals surface area contributed by atoms with Crippen LogP contribution in [0.25, 0.3) is 0 Å². The predicted octanol–water partition coefficient (Wildman–Crippen LogP) is 9.73. The monoisotopic (exact) mass is 636 g/mol. The van der Waals surface area contributed by atoms with Crippen LogP contribution in [0.5, 0.6) is 0 Å². The molecule has 1 aliphatic heterocycles. The number of esters is 1. The fourth-order valence-electron chi connectivity index (χ4n) is 7.55. The van der Waals surface area contributed by atoms with Crippen LogP contribution in [0.2, 0.25) is 0 Å². The molecule has 3 saturated carbocycles. The molecule has 0 aromatic heterocycles. The van der Waals surface area contributed by atoms with Crippen LogP contribution in [0.3, 0.4) is 0 Å². The van der Waals surface area contributed by atoms with Gasteiger partial charge in [-0.3, -0.25) is 0 Å². The van der Waals surface area contributed by atoms with E-state index in [1.165, 1.54) is 102 Å². The molecule has 0 N–H and O–H groups in total. The lowest BCUT2D eigenvalue weighted by atomic mass is 9.97. The zero-order valence-corrected chi connectivity index (χ0v) is 28.2. The highest BCUT2D eigenvalue weighted by atomic mass is 17.5. The van der Waals surface area contributed by atoms with Crippen molar-refractivity contribution in [3.8, 4) is 0 Å². The molecule has 2 atom stereocenters. The van der Waals surface area contributed by atoms with E-state index in [0.29, 0.717) is 0 Å². The molecule has 1 heterocycles. The van der Waals surface area contributed by atoms with E-state index in [-0.39, 0.29) is 24.9 Å². The van der Waals surface area contributed by atoms with Crippen molar-refractivity contribution < 1.29 is 38.6 Å². The lowest BCUT2D eigenvalue weighted by Crippen LogP contribution is -2.61. The highest BCUT2D eigenvalue weighted by Gasteiger charge is 2.56. The summed E-state index contributed by atoms with van der Waals surface area (Å²) in [6.45, 7) is 3.88. The van der Waals surface area contributed by atoms with Crippen LogP contribution >= 0.6 is 0 Å². The largest absolute Gasteiger partial charge is 0.402 e. The Morgan fingerprint density at radius 3 is 1.33 bits per heavy atom. The van der Waals surface area contributed by atoms with Gasteiger partial charge in [-0.15, -0.1) is 0 Å². The van der Waals surface area contributed by atoms with E-state index in [1.807, 2.05) is 0 Å². The van der Waals surface area contributed by atoms with Gasteiger partial charge in [0.15, 0.2) is 12.2 Å². The summed E-state index contributed by atoms with van der Waals surface area (Å²) in [5.41, 5.74) is 0. The summed E-state index contributed by atoms with van der Waals surface area (Å²) in [7, 11) is 0. The van der Waals surface area contributed by atoms with Gasteiger partial charge in [0.2, 0.25) is 0 Å². The van der Waals surface area contributed by atoms with Crippen molar-refractivity contribution in [3.05, 3.63) is 12.7 Å². The third-order valence-corrected chi connectivity index (χ3v) is 10.2. The molecule has 0 amide bonds. The van der Waals surface area contributed by atoms with Crippen molar-refractivity contribution in [3.63, 3.8) is 0 Å². The van der Waals surface area contributed by atoms with E-state index >= 15 is 0 Å². The fraction of sp³-hybridized carbons (Fsp3) is 0.919. The van der Waals surface area contributed by atoms with Crippen molar-refractivity contribution in [1.29, 1.82) is 0 Å². The maximum atomic E-state index is 13.3. The highest BCUT2D eigenvalue weighted by Crippen LogP contribution is 2.38. The van der Waals surface area contributed by atoms with Crippen molar-refractivity contribution in [2.24, 2.45) is 0 Å². The van der Waals surface area contributed by atoms with E-state index in [0.717, 1.165) is 77.0 Å². The van der Waals surface area contributed by atoms with Crippen molar-refractivity contribution >= 4 is 5.97 Å². The first-order chi connectivity index (χ1) is 22.2. The maximum Gasteiger partial charge on any atom is 0.360 e. The summed E-state index contributed by atoms with van der Waals surface area (Å²) < 4.78 is 27.6. The zero-order chi connectivity index (χ0) is 31.4. The molecule has 3 aliphatic carbocycles. The Balaban J connectivity index is 1.69. The van der Waals surface area contributed by atoms with Crippen molar-refractivity contribution in [2.45, 2.75) is 210 Å². The minimum Gasteiger partial charge on any atom is -0.402 e. The molecule has 1 saturated heterocycles. The molecular weight excluding hydrogens is 572 g/mol. The van der Waals surface area contributed by atoms with Gasteiger partial charge in [0.05, 0.1) is 18.3 Å². The van der Waals surface area contributed by atoms with E-state index < -0.39 is 24.2 Å². The molecule has 0 aromatic carbocycles. The van der Waals surface area contributed by atoms with Crippen LogP contribution in [-0.4, -0.2) is 49.1 Å². The summed E-state index contributed by atoms with van der Waals surface area (Å²) in [4.78, 5) is 24.3. The van der Waals surface area contributed by atoms with Gasteiger partial charge in [0, 0.05) is 6.08 Å². The van der Waals surface area contributed by atoms with Crippen molar-refractivity contribution in [1.82, 2.24) is 0 Å². The van der Waals surface area contributed by atoms with Crippen LogP contribution in [0.4, 0.5) is 0 Å². The molecule has 4 aliphatic rings. The molecule has 4 rings (SSSR count). The summed E-state index contributed by atoms with van der Waals surface area (Å²) in [6, 6.07) is 0. The first-order valence-corrected chi connectivity index (χ1v) is 19.0. The standard InChI is InChI=1S/C37H64O8/c1-2-35(38)43-37(41-32-26-20-14-8-4-9-15-21-27-32,42-33-28-22-16-10-5-11-17-23-29-33)36(34-30-39-45-44-34)40-31-24-18-12-6-3-7-13-19-25-31/h2,31-34,36H,1,3-30H2. The Hall–Kier alpha value is -1.03. The second-order valence-electron chi connectivity index (χ2n) is 14.0. The van der Waals surface area contributed by atoms with Gasteiger partial charge >= 0.3 is 11.9 Å². The Labute approximate surface area is 273 Å². The first-order valence-electron chi connectivity index (χ1n) is 19.0. The average Bonchev–Trinajstić information content (AvgIpc) is 3.59. The Morgan fingerprint density at radius 2 is 0.978 bits per heavy atom. The second kappa shape index (κ2) is 21.8. The fourth-order valence-corrected chi connectivity index (χ4v) is 7.55. The summed E-state index contributed by atoms with van der Waals surface area (Å²) in [5, 5.41) is 5.00. The van der Waals surface area contributed by atoms with Gasteiger partial charge in [0.1, 0.15) is 6.61 Å². The van der Waals surface area contributed by atoms with Crippen LogP contribution in [0.1, 0.15) is 173 Å². The molecule has 2 unspecified atom stereocenters. The average molecular weight is 637 g/mol. The van der Waals surface area contributed by atoms with E-state index in [4.69, 9.17) is 33.8 Å². The van der Waals surface area contributed by atoms with Gasteiger partial charge in [-0.2, -0.15) is 4.89 Å². The topological polar surface area (TPSA) is 81.7 Å². The second-order valence-corrected chi connectivity index (χ2v) is 14.0. The van der Waals surface area contributed by atoms with E-state index in [1.54, 1.807) is 0 Å². The molecule has 4 fully saturated rings. The quantitative estimate of drug-likeness (QED) is 0.101. The summed E-state index contributed by atoms with van der Waals surface area (Å²) >= 11 is 0. The first kappa shape index (κ1) is 36.8. The Bertz CT molecular complexity index is 741. The highest BCUT2D eigenvalue weighted by molar-refractivity contribution is 5.81. The Morgan fingerprint density at radius 1 is 0.600 bits per heavy atom. The third kappa shape index (κ3) is 13.5. The van der Waals surface area contributed by atoms with E-state index in [9.17, 15) is 4.79 Å². The maximum absolute atomic E-state index is 13.3. The van der Waals surface area contributed by atoms with Crippen LogP contribution < -0.4 is 0 Å². The van der Waals surface area contributed by atoms with Crippen LogP contribution in [0.15, 0.2) is 12.7 Å². The molecule has 45 heavy (non-hydrogen) atoms. The van der Waals surface area contributed by atoms with Crippen LogP contribution in [0, 0.1) is 0 Å². The molecule has 8 nitrogen and oxygen atoms in total. The molecule has 0 bridgehead atoms. The van der Waals surface area contributed by atoms with Gasteiger partial charge < -0.3 is 18.9 Å². The molecule has 0 radical (unpaired) electrons. The van der Waals surface area contributed by atoms with Gasteiger partial charge in [-0.05, 0) is 38.5 Å². The number of carbonyl (C=O) groups excluding carboxylic acids is 1. The lowest BCUT2D eigenvalue weighted by molar-refractivity contribution is -0.480. The minimum absolute atomic E-state index is 0.0422. The smallest absolute Gasteiger partial charge is 0.360 e. The molecule has 0 spiro atoms.